The van der Waals surface area contributed by atoms with E-state index in [2.05, 4.69) is 10.6 Å². The molecule has 2 unspecified atom stereocenters. The summed E-state index contributed by atoms with van der Waals surface area (Å²) in [6.45, 7) is 1.66. The molecule has 1 rings (SSSR count). The molecule has 1 amide bonds. The summed E-state index contributed by atoms with van der Waals surface area (Å²) in [5.41, 5.74) is 0.618. The number of carbonyl (C=O) groups is 2. The summed E-state index contributed by atoms with van der Waals surface area (Å²) < 4.78 is 0. The molecule has 0 aliphatic heterocycles. The van der Waals surface area contributed by atoms with Gasteiger partial charge in [-0.2, -0.15) is 0 Å². The number of anilines is 1. The SMILES string of the molecule is CC(O)CNC(CC(=O)Nc1ccccc1)C(=O)O. The van der Waals surface area contributed by atoms with Crippen molar-refractivity contribution in [2.45, 2.75) is 25.5 Å². The molecule has 1 aromatic carbocycles. The minimum atomic E-state index is -1.12. The third kappa shape index (κ3) is 5.98. The molecule has 19 heavy (non-hydrogen) atoms. The van der Waals surface area contributed by atoms with Gasteiger partial charge < -0.3 is 20.8 Å². The van der Waals surface area contributed by atoms with Gasteiger partial charge in [-0.3, -0.25) is 9.59 Å². The van der Waals surface area contributed by atoms with Crippen LogP contribution < -0.4 is 10.6 Å². The average molecular weight is 266 g/mol. The Hall–Kier alpha value is -1.92. The molecule has 6 heteroatoms. The number of rotatable bonds is 7. The Morgan fingerprint density at radius 3 is 2.42 bits per heavy atom. The number of aliphatic hydroxyl groups is 1. The Kier molecular flexibility index (Phi) is 5.98. The van der Waals surface area contributed by atoms with Crippen LogP contribution in [0.25, 0.3) is 0 Å². The Morgan fingerprint density at radius 2 is 1.89 bits per heavy atom. The van der Waals surface area contributed by atoms with Crippen LogP contribution >= 0.6 is 0 Å². The minimum Gasteiger partial charge on any atom is -0.480 e. The smallest absolute Gasteiger partial charge is 0.321 e. The largest absolute Gasteiger partial charge is 0.480 e. The Bertz CT molecular complexity index is 420. The second-order valence-corrected chi connectivity index (χ2v) is 4.27. The predicted molar refractivity (Wildman–Crippen MR) is 70.8 cm³/mol. The number of carboxylic acids is 1. The zero-order chi connectivity index (χ0) is 14.3. The standard InChI is InChI=1S/C13H18N2O4/c1-9(16)8-14-11(13(18)19)7-12(17)15-10-5-3-2-4-6-10/h2-6,9,11,14,16H,7-8H2,1H3,(H,15,17)(H,18,19). The molecule has 0 heterocycles. The van der Waals surface area contributed by atoms with Gasteiger partial charge in [-0.05, 0) is 19.1 Å². The Morgan fingerprint density at radius 1 is 1.26 bits per heavy atom. The fraction of sp³-hybridized carbons (Fsp3) is 0.385. The summed E-state index contributed by atoms with van der Waals surface area (Å²) in [7, 11) is 0. The Labute approximate surface area is 111 Å². The Balaban J connectivity index is 2.49. The number of hydrogen-bond acceptors (Lipinski definition) is 4. The zero-order valence-electron chi connectivity index (χ0n) is 10.7. The number of para-hydroxylation sites is 1. The van der Waals surface area contributed by atoms with Crippen LogP contribution in [0.5, 0.6) is 0 Å². The molecule has 0 aliphatic carbocycles. The van der Waals surface area contributed by atoms with Crippen molar-refractivity contribution in [1.82, 2.24) is 5.32 Å². The topological polar surface area (TPSA) is 98.7 Å². The van der Waals surface area contributed by atoms with Gasteiger partial charge in [0.2, 0.25) is 5.91 Å². The third-order valence-electron chi connectivity index (χ3n) is 2.40. The van der Waals surface area contributed by atoms with Gasteiger partial charge >= 0.3 is 5.97 Å². The van der Waals surface area contributed by atoms with E-state index in [9.17, 15) is 9.59 Å². The average Bonchev–Trinajstić information content (AvgIpc) is 2.35. The molecule has 0 aromatic heterocycles. The molecule has 0 spiro atoms. The van der Waals surface area contributed by atoms with Gasteiger partial charge in [-0.1, -0.05) is 18.2 Å². The maximum absolute atomic E-state index is 11.7. The number of carboxylic acid groups (broad SMARTS) is 1. The van der Waals surface area contributed by atoms with Crippen molar-refractivity contribution >= 4 is 17.6 Å². The van der Waals surface area contributed by atoms with Gasteiger partial charge in [-0.25, -0.2) is 0 Å². The maximum Gasteiger partial charge on any atom is 0.321 e. The van der Waals surface area contributed by atoms with Crippen molar-refractivity contribution in [3.05, 3.63) is 30.3 Å². The molecule has 0 fully saturated rings. The van der Waals surface area contributed by atoms with Crippen LogP contribution in [0.15, 0.2) is 30.3 Å². The first-order chi connectivity index (χ1) is 8.99. The lowest BCUT2D eigenvalue weighted by atomic mass is 10.2. The van der Waals surface area contributed by atoms with Crippen LogP contribution in [-0.2, 0) is 9.59 Å². The zero-order valence-corrected chi connectivity index (χ0v) is 10.7. The van der Waals surface area contributed by atoms with E-state index in [1.54, 1.807) is 24.3 Å². The van der Waals surface area contributed by atoms with E-state index in [1.807, 2.05) is 6.07 Å². The number of amides is 1. The molecule has 0 saturated heterocycles. The van der Waals surface area contributed by atoms with Gasteiger partial charge in [0.05, 0.1) is 12.5 Å². The highest BCUT2D eigenvalue weighted by molar-refractivity contribution is 5.93. The van der Waals surface area contributed by atoms with E-state index in [-0.39, 0.29) is 13.0 Å². The van der Waals surface area contributed by atoms with Gasteiger partial charge in [0, 0.05) is 12.2 Å². The quantitative estimate of drug-likeness (QED) is 0.574. The van der Waals surface area contributed by atoms with Crippen molar-refractivity contribution in [2.24, 2.45) is 0 Å². The van der Waals surface area contributed by atoms with Crippen molar-refractivity contribution in [2.75, 3.05) is 11.9 Å². The van der Waals surface area contributed by atoms with Crippen molar-refractivity contribution in [1.29, 1.82) is 0 Å². The van der Waals surface area contributed by atoms with Crippen LogP contribution in [0.3, 0.4) is 0 Å². The number of aliphatic carboxylic acids is 1. The molecule has 1 aromatic rings. The van der Waals surface area contributed by atoms with Crippen LogP contribution in [0.4, 0.5) is 5.69 Å². The number of nitrogens with one attached hydrogen (secondary N) is 2. The van der Waals surface area contributed by atoms with Crippen LogP contribution in [0.1, 0.15) is 13.3 Å². The second-order valence-electron chi connectivity index (χ2n) is 4.27. The first kappa shape index (κ1) is 15.1. The van der Waals surface area contributed by atoms with E-state index in [4.69, 9.17) is 10.2 Å². The molecule has 6 nitrogen and oxygen atoms in total. The lowest BCUT2D eigenvalue weighted by Gasteiger charge is -2.15. The van der Waals surface area contributed by atoms with E-state index in [1.165, 1.54) is 6.92 Å². The van der Waals surface area contributed by atoms with Crippen molar-refractivity contribution in [3.8, 4) is 0 Å². The van der Waals surface area contributed by atoms with Gasteiger partial charge in [0.25, 0.3) is 0 Å². The highest BCUT2D eigenvalue weighted by Gasteiger charge is 2.21. The monoisotopic (exact) mass is 266 g/mol. The van der Waals surface area contributed by atoms with Crippen LogP contribution in [0.2, 0.25) is 0 Å². The molecule has 0 bridgehead atoms. The molecule has 0 radical (unpaired) electrons. The summed E-state index contributed by atoms with van der Waals surface area (Å²) >= 11 is 0. The summed E-state index contributed by atoms with van der Waals surface area (Å²) in [5, 5.41) is 23.3. The number of hydrogen-bond donors (Lipinski definition) is 4. The lowest BCUT2D eigenvalue weighted by molar-refractivity contribution is -0.141. The third-order valence-corrected chi connectivity index (χ3v) is 2.40. The molecule has 2 atom stereocenters. The van der Waals surface area contributed by atoms with E-state index in [0.717, 1.165) is 0 Å². The normalized spacial score (nSPS) is 13.6. The van der Waals surface area contributed by atoms with Gasteiger partial charge in [-0.15, -0.1) is 0 Å². The molecule has 0 saturated carbocycles. The van der Waals surface area contributed by atoms with Gasteiger partial charge in [0.1, 0.15) is 6.04 Å². The highest BCUT2D eigenvalue weighted by atomic mass is 16.4. The molecule has 0 aliphatic rings. The summed E-state index contributed by atoms with van der Waals surface area (Å²) in [6.07, 6.45) is -0.865. The maximum atomic E-state index is 11.7. The van der Waals surface area contributed by atoms with Crippen LogP contribution in [-0.4, -0.2) is 40.8 Å². The molecule has 104 valence electrons. The fourth-order valence-corrected chi connectivity index (χ4v) is 1.48. The van der Waals surface area contributed by atoms with E-state index >= 15 is 0 Å². The lowest BCUT2D eigenvalue weighted by Crippen LogP contribution is -2.42. The summed E-state index contributed by atoms with van der Waals surface area (Å²) in [4.78, 5) is 22.7. The molecular weight excluding hydrogens is 248 g/mol. The first-order valence-corrected chi connectivity index (χ1v) is 5.98. The fourth-order valence-electron chi connectivity index (χ4n) is 1.48. The summed E-state index contributed by atoms with van der Waals surface area (Å²) in [5.74, 6) is -1.51. The van der Waals surface area contributed by atoms with E-state index < -0.39 is 24.0 Å². The van der Waals surface area contributed by atoms with Crippen LogP contribution in [0, 0.1) is 0 Å². The highest BCUT2D eigenvalue weighted by Crippen LogP contribution is 2.06. The second kappa shape index (κ2) is 7.50. The molecular formula is C13H18N2O4. The predicted octanol–water partition coefficient (Wildman–Crippen LogP) is 0.439. The number of aliphatic hydroxyl groups excluding tert-OH is 1. The van der Waals surface area contributed by atoms with Crippen molar-refractivity contribution in [3.63, 3.8) is 0 Å². The van der Waals surface area contributed by atoms with Gasteiger partial charge in [0.15, 0.2) is 0 Å². The first-order valence-electron chi connectivity index (χ1n) is 5.98. The van der Waals surface area contributed by atoms with E-state index in [0.29, 0.717) is 5.69 Å². The van der Waals surface area contributed by atoms with Crippen molar-refractivity contribution < 1.29 is 19.8 Å². The molecule has 4 N–H and O–H groups in total. The summed E-state index contributed by atoms with van der Waals surface area (Å²) in [6, 6.07) is 7.79. The minimum absolute atomic E-state index is 0.121. The number of carbonyl (C=O) groups excluding carboxylic acids is 1. The number of benzene rings is 1.